The van der Waals surface area contributed by atoms with Gasteiger partial charge in [-0.3, -0.25) is 9.59 Å². The second kappa shape index (κ2) is 5.55. The normalized spacial score (nSPS) is 28.3. The average Bonchev–Trinajstić information content (AvgIpc) is 2.94. The summed E-state index contributed by atoms with van der Waals surface area (Å²) >= 11 is 0. The molecule has 2 heterocycles. The molecule has 0 N–H and O–H groups in total. The highest BCUT2D eigenvalue weighted by atomic mass is 16.2. The Morgan fingerprint density at radius 3 is 1.56 bits per heavy atom. The third kappa shape index (κ3) is 2.74. The average molecular weight is 250 g/mol. The van der Waals surface area contributed by atoms with Gasteiger partial charge in [-0.1, -0.05) is 0 Å². The number of amides is 2. The van der Waals surface area contributed by atoms with Gasteiger partial charge in [-0.15, -0.1) is 0 Å². The maximum atomic E-state index is 11.9. The van der Waals surface area contributed by atoms with Crippen LogP contribution in [0.4, 0.5) is 0 Å². The lowest BCUT2D eigenvalue weighted by molar-refractivity contribution is -0.128. The smallest absolute Gasteiger partial charge is 0.246 e. The molecule has 2 atom stereocenters. The molecule has 2 unspecified atom stereocenters. The summed E-state index contributed by atoms with van der Waals surface area (Å²) in [6.07, 6.45) is 7.15. The van der Waals surface area contributed by atoms with Crippen LogP contribution in [0.3, 0.4) is 0 Å². The van der Waals surface area contributed by atoms with Crippen LogP contribution < -0.4 is 0 Å². The Hall–Kier alpha value is -1.32. The second-order valence-electron chi connectivity index (χ2n) is 5.38. The molecule has 0 bridgehead atoms. The first-order chi connectivity index (χ1) is 8.59. The van der Waals surface area contributed by atoms with Gasteiger partial charge < -0.3 is 9.80 Å². The molecule has 0 spiro atoms. The summed E-state index contributed by atoms with van der Waals surface area (Å²) in [7, 11) is 0. The van der Waals surface area contributed by atoms with Crippen LogP contribution in [0.5, 0.6) is 0 Å². The molecule has 2 aliphatic heterocycles. The molecule has 0 aromatic carbocycles. The van der Waals surface area contributed by atoms with Gasteiger partial charge in [0.25, 0.3) is 0 Å². The van der Waals surface area contributed by atoms with Gasteiger partial charge in [0, 0.05) is 37.3 Å². The molecule has 18 heavy (non-hydrogen) atoms. The lowest BCUT2D eigenvalue weighted by Gasteiger charge is -2.21. The third-order valence-electron chi connectivity index (χ3n) is 4.04. The van der Waals surface area contributed by atoms with Crippen molar-refractivity contribution >= 4 is 11.8 Å². The molecule has 2 saturated heterocycles. The van der Waals surface area contributed by atoms with Crippen molar-refractivity contribution in [2.75, 3.05) is 13.1 Å². The maximum Gasteiger partial charge on any atom is 0.246 e. The third-order valence-corrected chi connectivity index (χ3v) is 4.04. The predicted molar refractivity (Wildman–Crippen MR) is 70.0 cm³/mol. The van der Waals surface area contributed by atoms with Gasteiger partial charge in [0.2, 0.25) is 11.8 Å². The summed E-state index contributed by atoms with van der Waals surface area (Å²) in [4.78, 5) is 27.5. The molecule has 0 aromatic rings. The van der Waals surface area contributed by atoms with Gasteiger partial charge in [0.15, 0.2) is 0 Å². The van der Waals surface area contributed by atoms with Crippen molar-refractivity contribution in [2.45, 2.75) is 51.6 Å². The van der Waals surface area contributed by atoms with Gasteiger partial charge in [-0.2, -0.15) is 0 Å². The van der Waals surface area contributed by atoms with E-state index in [-0.39, 0.29) is 11.8 Å². The van der Waals surface area contributed by atoms with Gasteiger partial charge in [0.1, 0.15) is 0 Å². The number of nitrogens with zero attached hydrogens (tertiary/aromatic N) is 2. The van der Waals surface area contributed by atoms with E-state index in [1.807, 2.05) is 9.80 Å². The number of hydrogen-bond acceptors (Lipinski definition) is 2. The second-order valence-corrected chi connectivity index (χ2v) is 5.38. The van der Waals surface area contributed by atoms with Crippen LogP contribution in [0, 0.1) is 0 Å². The Morgan fingerprint density at radius 2 is 1.28 bits per heavy atom. The number of hydrogen-bond donors (Lipinski definition) is 0. The largest absolute Gasteiger partial charge is 0.336 e. The minimum absolute atomic E-state index is 0.0276. The number of likely N-dealkylation sites (tertiary alicyclic amines) is 2. The molecule has 0 aromatic heterocycles. The van der Waals surface area contributed by atoms with E-state index in [1.165, 1.54) is 12.2 Å². The van der Waals surface area contributed by atoms with E-state index < -0.39 is 0 Å². The van der Waals surface area contributed by atoms with Crippen molar-refractivity contribution in [1.29, 1.82) is 0 Å². The van der Waals surface area contributed by atoms with Gasteiger partial charge in [-0.05, 0) is 39.5 Å². The molecular formula is C14H22N2O2. The van der Waals surface area contributed by atoms with E-state index in [0.717, 1.165) is 38.8 Å². The topological polar surface area (TPSA) is 40.6 Å². The van der Waals surface area contributed by atoms with Gasteiger partial charge in [-0.25, -0.2) is 0 Å². The molecule has 0 saturated carbocycles. The number of carbonyl (C=O) groups is 2. The molecule has 2 fully saturated rings. The van der Waals surface area contributed by atoms with Crippen molar-refractivity contribution in [3.05, 3.63) is 12.2 Å². The Labute approximate surface area is 109 Å². The molecule has 2 amide bonds. The Balaban J connectivity index is 1.90. The zero-order valence-corrected chi connectivity index (χ0v) is 11.3. The van der Waals surface area contributed by atoms with Crippen molar-refractivity contribution in [3.63, 3.8) is 0 Å². The van der Waals surface area contributed by atoms with E-state index in [4.69, 9.17) is 0 Å². The van der Waals surface area contributed by atoms with Crippen LogP contribution in [0.25, 0.3) is 0 Å². The summed E-state index contributed by atoms with van der Waals surface area (Å²) in [6.45, 7) is 5.75. The monoisotopic (exact) mass is 250 g/mol. The summed E-state index contributed by atoms with van der Waals surface area (Å²) < 4.78 is 0. The summed E-state index contributed by atoms with van der Waals surface area (Å²) in [5.41, 5.74) is 0. The highest BCUT2D eigenvalue weighted by molar-refractivity contribution is 5.97. The molecule has 4 nitrogen and oxygen atoms in total. The zero-order chi connectivity index (χ0) is 13.1. The van der Waals surface area contributed by atoms with Crippen LogP contribution in [-0.4, -0.2) is 46.8 Å². The number of carbonyl (C=O) groups excluding carboxylic acids is 2. The highest BCUT2D eigenvalue weighted by Gasteiger charge is 2.25. The SMILES string of the molecule is CC1CCCN1C(=O)/C=C/C(=O)N1CCCC1C. The maximum absolute atomic E-state index is 11.9. The van der Waals surface area contributed by atoms with E-state index >= 15 is 0 Å². The molecule has 2 aliphatic rings. The fraction of sp³-hybridized carbons (Fsp3) is 0.714. The minimum Gasteiger partial charge on any atom is -0.336 e. The first-order valence-electron chi connectivity index (χ1n) is 6.89. The Bertz CT molecular complexity index is 331. The van der Waals surface area contributed by atoms with Gasteiger partial charge in [0.05, 0.1) is 0 Å². The van der Waals surface area contributed by atoms with E-state index in [2.05, 4.69) is 13.8 Å². The highest BCUT2D eigenvalue weighted by Crippen LogP contribution is 2.18. The van der Waals surface area contributed by atoms with Crippen LogP contribution in [0.15, 0.2) is 12.2 Å². The molecule has 2 rings (SSSR count). The fourth-order valence-electron chi connectivity index (χ4n) is 2.86. The Morgan fingerprint density at radius 1 is 0.889 bits per heavy atom. The Kier molecular flexibility index (Phi) is 4.04. The summed E-state index contributed by atoms with van der Waals surface area (Å²) in [5.74, 6) is -0.0552. The predicted octanol–water partition coefficient (Wildman–Crippen LogP) is 1.56. The molecular weight excluding hydrogens is 228 g/mol. The minimum atomic E-state index is -0.0276. The number of rotatable bonds is 2. The lowest BCUT2D eigenvalue weighted by atomic mass is 10.2. The van der Waals surface area contributed by atoms with Crippen molar-refractivity contribution in [3.8, 4) is 0 Å². The van der Waals surface area contributed by atoms with Crippen molar-refractivity contribution in [1.82, 2.24) is 9.80 Å². The molecule has 0 aliphatic carbocycles. The standard InChI is InChI=1S/C14H22N2O2/c1-11-5-3-9-15(11)13(17)7-8-14(18)16-10-4-6-12(16)2/h7-8,11-12H,3-6,9-10H2,1-2H3/b8-7+. The molecule has 0 radical (unpaired) electrons. The van der Waals surface area contributed by atoms with Crippen LogP contribution >= 0.6 is 0 Å². The molecule has 4 heteroatoms. The summed E-state index contributed by atoms with van der Waals surface area (Å²) in [5, 5.41) is 0. The van der Waals surface area contributed by atoms with Crippen LogP contribution in [0.1, 0.15) is 39.5 Å². The van der Waals surface area contributed by atoms with Crippen molar-refractivity contribution < 1.29 is 9.59 Å². The van der Waals surface area contributed by atoms with Crippen molar-refractivity contribution in [2.24, 2.45) is 0 Å². The summed E-state index contributed by atoms with van der Waals surface area (Å²) in [6, 6.07) is 0.617. The van der Waals surface area contributed by atoms with Gasteiger partial charge >= 0.3 is 0 Å². The first kappa shape index (κ1) is 13.1. The fourth-order valence-corrected chi connectivity index (χ4v) is 2.86. The van der Waals surface area contributed by atoms with Crippen LogP contribution in [0.2, 0.25) is 0 Å². The van der Waals surface area contributed by atoms with E-state index in [9.17, 15) is 9.59 Å². The van der Waals surface area contributed by atoms with E-state index in [0.29, 0.717) is 12.1 Å². The van der Waals surface area contributed by atoms with E-state index in [1.54, 1.807) is 0 Å². The van der Waals surface area contributed by atoms with Crippen LogP contribution in [-0.2, 0) is 9.59 Å². The lowest BCUT2D eigenvalue weighted by Crippen LogP contribution is -2.34. The quantitative estimate of drug-likeness (QED) is 0.698. The zero-order valence-electron chi connectivity index (χ0n) is 11.3. The molecule has 100 valence electrons. The first-order valence-corrected chi connectivity index (χ1v) is 6.89.